The second-order valence-corrected chi connectivity index (χ2v) is 5.79. The fourth-order valence-corrected chi connectivity index (χ4v) is 2.54. The molecule has 3 rings (SSSR count). The topological polar surface area (TPSA) is 16.1 Å². The van der Waals surface area contributed by atoms with E-state index in [9.17, 15) is 35.1 Å². The number of anilines is 1. The lowest BCUT2D eigenvalue weighted by Gasteiger charge is -2.26. The molecule has 1 aliphatic rings. The molecule has 1 aromatic carbocycles. The van der Waals surface area contributed by atoms with Crippen LogP contribution in [0.15, 0.2) is 54.8 Å². The zero-order valence-corrected chi connectivity index (χ0v) is 13.7. The van der Waals surface area contributed by atoms with E-state index < -0.39 is 41.5 Å². The van der Waals surface area contributed by atoms with Gasteiger partial charge >= 0.3 is 12.4 Å². The van der Waals surface area contributed by atoms with Crippen LogP contribution in [0.1, 0.15) is 16.8 Å². The molecule has 2 heterocycles. The standard InChI is InChI=1S/C18H10F8N2/c19-13-8-11(17(21,22)23)5-6-12(13)10-4-7-15(20)28(9-10)16-3-1-2-14(27-16)18(24,25)26/h1-9,15H. The first-order valence-electron chi connectivity index (χ1n) is 7.70. The maximum absolute atomic E-state index is 14.2. The van der Waals surface area contributed by atoms with Crippen LogP contribution in [0.4, 0.5) is 40.9 Å². The molecule has 0 spiro atoms. The monoisotopic (exact) mass is 406 g/mol. The van der Waals surface area contributed by atoms with E-state index >= 15 is 0 Å². The van der Waals surface area contributed by atoms with Crippen molar-refractivity contribution < 1.29 is 35.1 Å². The molecule has 0 saturated carbocycles. The van der Waals surface area contributed by atoms with Crippen LogP contribution < -0.4 is 4.90 Å². The highest BCUT2D eigenvalue weighted by molar-refractivity contribution is 5.78. The zero-order chi connectivity index (χ0) is 20.7. The summed E-state index contributed by atoms with van der Waals surface area (Å²) in [4.78, 5) is 4.08. The number of halogens is 8. The van der Waals surface area contributed by atoms with E-state index in [1.54, 1.807) is 0 Å². The largest absolute Gasteiger partial charge is 0.433 e. The molecule has 1 unspecified atom stereocenters. The summed E-state index contributed by atoms with van der Waals surface area (Å²) in [5.41, 5.74) is -2.75. The Morgan fingerprint density at radius 3 is 2.25 bits per heavy atom. The van der Waals surface area contributed by atoms with Crippen molar-refractivity contribution in [3.05, 3.63) is 77.4 Å². The van der Waals surface area contributed by atoms with E-state index in [-0.39, 0.29) is 11.1 Å². The summed E-state index contributed by atoms with van der Waals surface area (Å²) >= 11 is 0. The number of pyridine rings is 1. The second-order valence-electron chi connectivity index (χ2n) is 5.79. The summed E-state index contributed by atoms with van der Waals surface area (Å²) in [6, 6.07) is 4.67. The van der Waals surface area contributed by atoms with E-state index in [1.165, 1.54) is 0 Å². The molecule has 0 radical (unpaired) electrons. The number of hydrogen-bond donors (Lipinski definition) is 0. The Balaban J connectivity index is 2.00. The number of allylic oxidation sites excluding steroid dienone is 2. The van der Waals surface area contributed by atoms with Crippen molar-refractivity contribution in [1.82, 2.24) is 4.98 Å². The summed E-state index contributed by atoms with van der Waals surface area (Å²) < 4.78 is 105. The molecule has 2 aromatic rings. The number of rotatable bonds is 2. The Hall–Kier alpha value is -2.91. The fourth-order valence-electron chi connectivity index (χ4n) is 2.54. The summed E-state index contributed by atoms with van der Waals surface area (Å²) in [5.74, 6) is -1.60. The molecule has 0 N–H and O–H groups in total. The van der Waals surface area contributed by atoms with Gasteiger partial charge in [-0.3, -0.25) is 4.90 Å². The number of alkyl halides is 7. The summed E-state index contributed by atoms with van der Waals surface area (Å²) in [7, 11) is 0. The molecular weight excluding hydrogens is 396 g/mol. The van der Waals surface area contributed by atoms with Crippen LogP contribution in [-0.4, -0.2) is 11.3 Å². The quantitative estimate of drug-likeness (QED) is 0.451. The van der Waals surface area contributed by atoms with Gasteiger partial charge in [0.15, 0.2) is 6.30 Å². The van der Waals surface area contributed by atoms with Gasteiger partial charge in [0, 0.05) is 17.3 Å². The van der Waals surface area contributed by atoms with Crippen LogP contribution in [0, 0.1) is 5.82 Å². The van der Waals surface area contributed by atoms with Gasteiger partial charge in [-0.2, -0.15) is 26.3 Å². The minimum absolute atomic E-state index is 0.0284. The summed E-state index contributed by atoms with van der Waals surface area (Å²) in [5, 5.41) is 0. The Kier molecular flexibility index (Phi) is 4.90. The van der Waals surface area contributed by atoms with Crippen molar-refractivity contribution in [1.29, 1.82) is 0 Å². The lowest BCUT2D eigenvalue weighted by molar-refractivity contribution is -0.141. The molecule has 0 amide bonds. The Labute approximate surface area is 153 Å². The van der Waals surface area contributed by atoms with Gasteiger partial charge in [-0.1, -0.05) is 18.2 Å². The highest BCUT2D eigenvalue weighted by Gasteiger charge is 2.34. The van der Waals surface area contributed by atoms with Gasteiger partial charge in [-0.05, 0) is 30.3 Å². The van der Waals surface area contributed by atoms with Gasteiger partial charge in [0.1, 0.15) is 17.3 Å². The third-order valence-corrected chi connectivity index (χ3v) is 3.88. The highest BCUT2D eigenvalue weighted by atomic mass is 19.4. The van der Waals surface area contributed by atoms with Crippen molar-refractivity contribution in [2.45, 2.75) is 18.6 Å². The molecule has 0 saturated heterocycles. The van der Waals surface area contributed by atoms with E-state index in [4.69, 9.17) is 0 Å². The fraction of sp³-hybridized carbons (Fsp3) is 0.167. The van der Waals surface area contributed by atoms with Crippen LogP contribution in [0.3, 0.4) is 0 Å². The lowest BCUT2D eigenvalue weighted by atomic mass is 10.0. The van der Waals surface area contributed by atoms with Crippen molar-refractivity contribution in [3.63, 3.8) is 0 Å². The van der Waals surface area contributed by atoms with Crippen LogP contribution in [0.2, 0.25) is 0 Å². The molecule has 0 fully saturated rings. The third kappa shape index (κ3) is 4.00. The van der Waals surface area contributed by atoms with Crippen molar-refractivity contribution in [3.8, 4) is 0 Å². The van der Waals surface area contributed by atoms with Crippen LogP contribution in [0.5, 0.6) is 0 Å². The average molecular weight is 406 g/mol. The number of nitrogens with zero attached hydrogens (tertiary/aromatic N) is 2. The maximum Gasteiger partial charge on any atom is 0.433 e. The first-order chi connectivity index (χ1) is 13.0. The van der Waals surface area contributed by atoms with E-state index in [1.807, 2.05) is 0 Å². The summed E-state index contributed by atoms with van der Waals surface area (Å²) in [6.45, 7) is 0. The van der Waals surface area contributed by atoms with Crippen molar-refractivity contribution in [2.75, 3.05) is 4.90 Å². The molecule has 1 aromatic heterocycles. The number of benzene rings is 1. The molecule has 10 heteroatoms. The minimum Gasteiger partial charge on any atom is -0.298 e. The lowest BCUT2D eigenvalue weighted by Crippen LogP contribution is -2.28. The van der Waals surface area contributed by atoms with Crippen LogP contribution in [-0.2, 0) is 12.4 Å². The zero-order valence-electron chi connectivity index (χ0n) is 13.7. The first kappa shape index (κ1) is 19.8. The van der Waals surface area contributed by atoms with E-state index in [0.29, 0.717) is 18.2 Å². The van der Waals surface area contributed by atoms with E-state index in [2.05, 4.69) is 4.98 Å². The van der Waals surface area contributed by atoms with Crippen molar-refractivity contribution in [2.24, 2.45) is 0 Å². The van der Waals surface area contributed by atoms with Gasteiger partial charge in [0.2, 0.25) is 0 Å². The molecule has 28 heavy (non-hydrogen) atoms. The molecule has 148 valence electrons. The maximum atomic E-state index is 14.2. The second kappa shape index (κ2) is 6.92. The molecule has 2 nitrogen and oxygen atoms in total. The van der Waals surface area contributed by atoms with Gasteiger partial charge in [-0.25, -0.2) is 13.8 Å². The average Bonchev–Trinajstić information content (AvgIpc) is 2.61. The Morgan fingerprint density at radius 2 is 1.64 bits per heavy atom. The van der Waals surface area contributed by atoms with Gasteiger partial charge < -0.3 is 0 Å². The van der Waals surface area contributed by atoms with Crippen LogP contribution in [0.25, 0.3) is 5.57 Å². The van der Waals surface area contributed by atoms with Gasteiger partial charge in [0.05, 0.1) is 5.56 Å². The Bertz CT molecular complexity index is 943. The first-order valence-corrected chi connectivity index (χ1v) is 7.70. The van der Waals surface area contributed by atoms with Crippen LogP contribution >= 0.6 is 0 Å². The number of aromatic nitrogens is 1. The molecular formula is C18H10F8N2. The molecule has 1 aliphatic heterocycles. The smallest absolute Gasteiger partial charge is 0.298 e. The highest BCUT2D eigenvalue weighted by Crippen LogP contribution is 2.34. The predicted molar refractivity (Wildman–Crippen MR) is 85.1 cm³/mol. The third-order valence-electron chi connectivity index (χ3n) is 3.88. The number of hydrogen-bond acceptors (Lipinski definition) is 2. The Morgan fingerprint density at radius 1 is 0.929 bits per heavy atom. The SMILES string of the molecule is Fc1cc(C(F)(F)F)ccc1C1=CN(c2cccc(C(F)(F)F)n2)C(F)C=C1. The molecule has 0 aliphatic carbocycles. The normalized spacial score (nSPS) is 17.6. The van der Waals surface area contributed by atoms with Gasteiger partial charge in [-0.15, -0.1) is 0 Å². The van der Waals surface area contributed by atoms with Crippen molar-refractivity contribution >= 4 is 11.4 Å². The molecule has 1 atom stereocenters. The minimum atomic E-state index is -4.75. The molecule has 0 bridgehead atoms. The van der Waals surface area contributed by atoms with Gasteiger partial charge in [0.25, 0.3) is 0 Å². The van der Waals surface area contributed by atoms with E-state index in [0.717, 1.165) is 41.5 Å². The summed E-state index contributed by atoms with van der Waals surface area (Å²) in [6.07, 6.45) is -8.35. The predicted octanol–water partition coefficient (Wildman–Crippen LogP) is 5.97.